The van der Waals surface area contributed by atoms with Gasteiger partial charge >= 0.3 is 0 Å². The summed E-state index contributed by atoms with van der Waals surface area (Å²) in [6.45, 7) is 0. The second kappa shape index (κ2) is 4.57. The van der Waals surface area contributed by atoms with Gasteiger partial charge in [-0.15, -0.1) is 11.8 Å². The average molecular weight is 225 g/mol. The first-order valence-corrected chi connectivity index (χ1v) is 5.47. The molecular weight excluding hydrogens is 214 g/mol. The molecule has 4 nitrogen and oxygen atoms in total. The molecule has 1 aliphatic rings. The van der Waals surface area contributed by atoms with Crippen molar-refractivity contribution in [3.63, 3.8) is 0 Å². The summed E-state index contributed by atoms with van der Waals surface area (Å²) in [5, 5.41) is 18.2. The van der Waals surface area contributed by atoms with Crippen molar-refractivity contribution in [2.24, 2.45) is 0 Å². The Morgan fingerprint density at radius 3 is 2.93 bits per heavy atom. The fourth-order valence-corrected chi connectivity index (χ4v) is 1.84. The Kier molecular flexibility index (Phi) is 3.15. The van der Waals surface area contributed by atoms with E-state index in [-0.39, 0.29) is 5.75 Å². The average Bonchev–Trinajstić information content (AvgIpc) is 2.26. The van der Waals surface area contributed by atoms with Gasteiger partial charge in [-0.25, -0.2) is 5.48 Å². The summed E-state index contributed by atoms with van der Waals surface area (Å²) in [5.41, 5.74) is 3.71. The van der Waals surface area contributed by atoms with Gasteiger partial charge in [0.2, 0.25) is 0 Å². The van der Waals surface area contributed by atoms with E-state index in [2.05, 4.69) is 5.48 Å². The number of aliphatic hydroxyl groups excluding tert-OH is 1. The highest BCUT2D eigenvalue weighted by Gasteiger charge is 2.11. The third-order valence-corrected chi connectivity index (χ3v) is 2.83. The molecule has 0 aromatic heterocycles. The van der Waals surface area contributed by atoms with Crippen LogP contribution in [0.3, 0.4) is 0 Å². The molecular formula is C10H11NO3S. The minimum Gasteiger partial charge on any atom is -0.381 e. The number of nitrogens with one attached hydrogen (secondary N) is 1. The molecule has 3 N–H and O–H groups in total. The van der Waals surface area contributed by atoms with Gasteiger partial charge in [0.15, 0.2) is 12.0 Å². The van der Waals surface area contributed by atoms with Crippen molar-refractivity contribution in [1.29, 1.82) is 0 Å². The molecule has 1 aromatic rings. The molecule has 0 aliphatic carbocycles. The first-order valence-electron chi connectivity index (χ1n) is 4.48. The minimum absolute atomic E-state index is 0.213. The van der Waals surface area contributed by atoms with Crippen molar-refractivity contribution in [2.45, 2.75) is 6.29 Å². The predicted octanol–water partition coefficient (Wildman–Crippen LogP) is 0.926. The Labute approximate surface area is 91.5 Å². The van der Waals surface area contributed by atoms with Crippen LogP contribution in [0.4, 0.5) is 0 Å². The van der Waals surface area contributed by atoms with Crippen molar-refractivity contribution < 1.29 is 15.1 Å². The Bertz CT molecular complexity index is 379. The summed E-state index contributed by atoms with van der Waals surface area (Å²) < 4.78 is 0. The number of rotatable bonds is 3. The van der Waals surface area contributed by atoms with Crippen molar-refractivity contribution >= 4 is 17.8 Å². The molecule has 0 radical (unpaired) electrons. The minimum atomic E-state index is -1.31. The number of fused-ring (bicyclic) bond motifs is 1. The molecule has 0 saturated heterocycles. The zero-order chi connectivity index (χ0) is 10.7. The molecule has 15 heavy (non-hydrogen) atoms. The zero-order valence-corrected chi connectivity index (χ0v) is 8.70. The molecule has 0 unspecified atom stereocenters. The van der Waals surface area contributed by atoms with E-state index in [1.165, 1.54) is 11.8 Å². The highest BCUT2D eigenvalue weighted by Crippen LogP contribution is 2.27. The lowest BCUT2D eigenvalue weighted by atomic mass is 10.2. The van der Waals surface area contributed by atoms with Crippen LogP contribution in [0.15, 0.2) is 29.3 Å². The molecule has 0 saturated carbocycles. The fraction of sp³-hybridized carbons (Fsp3) is 0.200. The number of hydroxylamine groups is 1. The van der Waals surface area contributed by atoms with E-state index >= 15 is 0 Å². The van der Waals surface area contributed by atoms with Crippen LogP contribution < -0.4 is 10.3 Å². The van der Waals surface area contributed by atoms with Crippen molar-refractivity contribution in [3.8, 4) is 5.75 Å². The number of para-hydroxylation sites is 1. The maximum absolute atomic E-state index is 8.72. The number of hydrogen-bond donors (Lipinski definition) is 3. The highest BCUT2D eigenvalue weighted by atomic mass is 32.2. The molecule has 80 valence electrons. The predicted molar refractivity (Wildman–Crippen MR) is 58.9 cm³/mol. The lowest BCUT2D eigenvalue weighted by molar-refractivity contribution is -0.0186. The van der Waals surface area contributed by atoms with E-state index in [1.807, 2.05) is 30.3 Å². The van der Waals surface area contributed by atoms with Gasteiger partial charge in [-0.2, -0.15) is 0 Å². The Hall–Kier alpha value is -1.17. The summed E-state index contributed by atoms with van der Waals surface area (Å²) in [5.74, 6) is 0.982. The molecule has 0 spiro atoms. The summed E-state index contributed by atoms with van der Waals surface area (Å²) in [7, 11) is 0. The molecule has 1 aliphatic heterocycles. The summed E-state index contributed by atoms with van der Waals surface area (Å²) >= 11 is 1.29. The second-order valence-electron chi connectivity index (χ2n) is 3.04. The molecule has 0 atom stereocenters. The largest absolute Gasteiger partial charge is 0.381 e. The SMILES string of the molecule is OC(O)CSC1=Cc2ccccc2ON1. The van der Waals surface area contributed by atoms with Gasteiger partial charge in [0, 0.05) is 5.56 Å². The van der Waals surface area contributed by atoms with Gasteiger partial charge in [0.1, 0.15) is 5.03 Å². The van der Waals surface area contributed by atoms with Crippen molar-refractivity contribution in [2.75, 3.05) is 5.75 Å². The van der Waals surface area contributed by atoms with Crippen LogP contribution in [0.2, 0.25) is 0 Å². The molecule has 1 heterocycles. The van der Waals surface area contributed by atoms with Gasteiger partial charge in [-0.3, -0.25) is 0 Å². The van der Waals surface area contributed by atoms with Gasteiger partial charge in [0.25, 0.3) is 0 Å². The third-order valence-electron chi connectivity index (χ3n) is 1.86. The van der Waals surface area contributed by atoms with Gasteiger partial charge in [-0.05, 0) is 12.1 Å². The molecule has 0 amide bonds. The first-order chi connectivity index (χ1) is 7.25. The normalized spacial score (nSPS) is 13.9. The zero-order valence-electron chi connectivity index (χ0n) is 7.88. The quantitative estimate of drug-likeness (QED) is 0.668. The van der Waals surface area contributed by atoms with E-state index in [9.17, 15) is 0 Å². The topological polar surface area (TPSA) is 61.7 Å². The van der Waals surface area contributed by atoms with Crippen LogP contribution in [-0.2, 0) is 0 Å². The van der Waals surface area contributed by atoms with Crippen LogP contribution in [0, 0.1) is 0 Å². The molecule has 5 heteroatoms. The van der Waals surface area contributed by atoms with Crippen LogP contribution in [0.5, 0.6) is 5.75 Å². The standard InChI is InChI=1S/C10H11NO3S/c12-10(13)6-15-9-5-7-3-1-2-4-8(7)14-11-9/h1-5,10-13H,6H2. The molecule has 1 aromatic carbocycles. The maximum atomic E-state index is 8.72. The van der Waals surface area contributed by atoms with Crippen LogP contribution in [-0.4, -0.2) is 22.3 Å². The van der Waals surface area contributed by atoms with Gasteiger partial charge < -0.3 is 15.1 Å². The van der Waals surface area contributed by atoms with Crippen molar-refractivity contribution in [1.82, 2.24) is 5.48 Å². The smallest absolute Gasteiger partial charge is 0.162 e. The summed E-state index contributed by atoms with van der Waals surface area (Å²) in [6, 6.07) is 7.62. The van der Waals surface area contributed by atoms with Crippen molar-refractivity contribution in [3.05, 3.63) is 34.9 Å². The van der Waals surface area contributed by atoms with E-state index in [0.29, 0.717) is 0 Å². The Morgan fingerprint density at radius 1 is 1.33 bits per heavy atom. The summed E-state index contributed by atoms with van der Waals surface area (Å²) in [6.07, 6.45) is 0.598. The number of aliphatic hydroxyl groups is 2. The van der Waals surface area contributed by atoms with E-state index in [4.69, 9.17) is 15.1 Å². The summed E-state index contributed by atoms with van der Waals surface area (Å²) in [4.78, 5) is 5.27. The second-order valence-corrected chi connectivity index (χ2v) is 4.10. The van der Waals surface area contributed by atoms with E-state index < -0.39 is 6.29 Å². The van der Waals surface area contributed by atoms with Crippen LogP contribution >= 0.6 is 11.8 Å². The maximum Gasteiger partial charge on any atom is 0.162 e. The first kappa shape index (κ1) is 10.4. The Balaban J connectivity index is 2.08. The Morgan fingerprint density at radius 2 is 2.13 bits per heavy atom. The third kappa shape index (κ3) is 2.65. The number of benzene rings is 1. The lowest BCUT2D eigenvalue weighted by Crippen LogP contribution is -2.21. The number of hydrogen-bond acceptors (Lipinski definition) is 5. The molecule has 2 rings (SSSR count). The lowest BCUT2D eigenvalue weighted by Gasteiger charge is -2.18. The van der Waals surface area contributed by atoms with E-state index in [1.54, 1.807) is 0 Å². The van der Waals surface area contributed by atoms with E-state index in [0.717, 1.165) is 16.3 Å². The van der Waals surface area contributed by atoms with Crippen LogP contribution in [0.1, 0.15) is 5.56 Å². The van der Waals surface area contributed by atoms with Crippen LogP contribution in [0.25, 0.3) is 6.08 Å². The monoisotopic (exact) mass is 225 g/mol. The van der Waals surface area contributed by atoms with Gasteiger partial charge in [0.05, 0.1) is 5.75 Å². The fourth-order valence-electron chi connectivity index (χ4n) is 1.20. The highest BCUT2D eigenvalue weighted by molar-refractivity contribution is 8.03. The molecule has 0 bridgehead atoms. The van der Waals surface area contributed by atoms with Gasteiger partial charge in [-0.1, -0.05) is 18.2 Å². The molecule has 0 fully saturated rings. The number of thioether (sulfide) groups is 1.